The number of carboxylic acid groups (broad SMARTS) is 1. The van der Waals surface area contributed by atoms with Crippen molar-refractivity contribution in [1.82, 2.24) is 9.80 Å². The number of hydrogen-bond acceptors (Lipinski definition) is 5. The van der Waals surface area contributed by atoms with Crippen LogP contribution in [0.4, 0.5) is 0 Å². The highest BCUT2D eigenvalue weighted by Gasteiger charge is 2.39. The normalized spacial score (nSPS) is 21.3. The summed E-state index contributed by atoms with van der Waals surface area (Å²) in [6.07, 6.45) is 0. The van der Waals surface area contributed by atoms with E-state index in [-0.39, 0.29) is 23.7 Å². The molecule has 0 aromatic carbocycles. The predicted octanol–water partition coefficient (Wildman–Crippen LogP) is 1.19. The van der Waals surface area contributed by atoms with Crippen molar-refractivity contribution in [2.45, 2.75) is 18.3 Å². The van der Waals surface area contributed by atoms with Gasteiger partial charge in [0.1, 0.15) is 6.04 Å². The molecule has 1 aromatic heterocycles. The minimum atomic E-state index is -1.01. The number of carboxylic acids is 1. The molecule has 6 nitrogen and oxygen atoms in total. The van der Waals surface area contributed by atoms with E-state index in [2.05, 4.69) is 0 Å². The molecule has 0 spiro atoms. The fourth-order valence-electron chi connectivity index (χ4n) is 2.16. The van der Waals surface area contributed by atoms with Crippen LogP contribution in [0, 0.1) is 0 Å². The quantitative estimate of drug-likeness (QED) is 0.898. The number of rotatable bonds is 4. The third kappa shape index (κ3) is 3.38. The maximum Gasteiger partial charge on any atom is 0.327 e. The summed E-state index contributed by atoms with van der Waals surface area (Å²) in [6.45, 7) is 1.68. The van der Waals surface area contributed by atoms with E-state index in [1.54, 1.807) is 31.5 Å². The first kappa shape index (κ1) is 15.8. The largest absolute Gasteiger partial charge is 0.480 e. The van der Waals surface area contributed by atoms with Crippen molar-refractivity contribution in [2.24, 2.45) is 0 Å². The predicted molar refractivity (Wildman–Crippen MR) is 81.5 cm³/mol. The Balaban J connectivity index is 2.03. The first-order valence-corrected chi connectivity index (χ1v) is 8.29. The number of thioether (sulfide) groups is 1. The SMILES string of the molecule is CC1SCC(C(=O)O)N1C(=O)CN(C)C(=O)c1cccs1. The lowest BCUT2D eigenvalue weighted by molar-refractivity contribution is -0.149. The van der Waals surface area contributed by atoms with Gasteiger partial charge in [-0.25, -0.2) is 4.79 Å². The zero-order chi connectivity index (χ0) is 15.6. The lowest BCUT2D eigenvalue weighted by Gasteiger charge is -2.27. The Morgan fingerprint density at radius 1 is 1.48 bits per heavy atom. The molecule has 0 saturated carbocycles. The number of carbonyl (C=O) groups excluding carboxylic acids is 2. The van der Waals surface area contributed by atoms with Gasteiger partial charge in [-0.15, -0.1) is 23.1 Å². The van der Waals surface area contributed by atoms with E-state index in [0.29, 0.717) is 10.6 Å². The molecule has 2 atom stereocenters. The van der Waals surface area contributed by atoms with Crippen LogP contribution in [0.15, 0.2) is 17.5 Å². The highest BCUT2D eigenvalue weighted by molar-refractivity contribution is 8.00. The Hall–Kier alpha value is -1.54. The summed E-state index contributed by atoms with van der Waals surface area (Å²) in [7, 11) is 1.55. The molecule has 2 unspecified atom stereocenters. The lowest BCUT2D eigenvalue weighted by Crippen LogP contribution is -2.49. The van der Waals surface area contributed by atoms with Crippen molar-refractivity contribution in [1.29, 1.82) is 0 Å². The highest BCUT2D eigenvalue weighted by Crippen LogP contribution is 2.29. The second-order valence-electron chi connectivity index (χ2n) is 4.73. The molecule has 8 heteroatoms. The Morgan fingerprint density at radius 3 is 2.76 bits per heavy atom. The Bertz CT molecular complexity index is 546. The second kappa shape index (κ2) is 6.48. The smallest absolute Gasteiger partial charge is 0.327 e. The van der Waals surface area contributed by atoms with Gasteiger partial charge in [-0.1, -0.05) is 6.07 Å². The van der Waals surface area contributed by atoms with Gasteiger partial charge in [0.15, 0.2) is 0 Å². The number of aliphatic carboxylic acids is 1. The van der Waals surface area contributed by atoms with Gasteiger partial charge in [-0.2, -0.15) is 0 Å². The van der Waals surface area contributed by atoms with E-state index in [1.807, 2.05) is 0 Å². The number of nitrogens with zero attached hydrogens (tertiary/aromatic N) is 2. The molecule has 2 amide bonds. The van der Waals surface area contributed by atoms with Crippen LogP contribution in [0.25, 0.3) is 0 Å². The number of hydrogen-bond donors (Lipinski definition) is 1. The van der Waals surface area contributed by atoms with Gasteiger partial charge in [0, 0.05) is 12.8 Å². The summed E-state index contributed by atoms with van der Waals surface area (Å²) < 4.78 is 0. The summed E-state index contributed by atoms with van der Waals surface area (Å²) >= 11 is 2.74. The van der Waals surface area contributed by atoms with E-state index in [0.717, 1.165) is 0 Å². The van der Waals surface area contributed by atoms with Crippen molar-refractivity contribution < 1.29 is 19.5 Å². The maximum atomic E-state index is 12.3. The standard InChI is InChI=1S/C13H16N2O4S2/c1-8-15(9(7-21-8)13(18)19)11(16)6-14(2)12(17)10-4-3-5-20-10/h3-5,8-9H,6-7H2,1-2H3,(H,18,19). The number of carbonyl (C=O) groups is 3. The summed E-state index contributed by atoms with van der Waals surface area (Å²) in [5, 5.41) is 10.8. The van der Waals surface area contributed by atoms with Crippen LogP contribution in [-0.2, 0) is 9.59 Å². The summed E-state index contributed by atoms with van der Waals surface area (Å²) in [6, 6.07) is 2.65. The molecular weight excluding hydrogens is 312 g/mol. The fourth-order valence-corrected chi connectivity index (χ4v) is 4.06. The van der Waals surface area contributed by atoms with Crippen LogP contribution in [0.1, 0.15) is 16.6 Å². The Morgan fingerprint density at radius 2 is 2.19 bits per heavy atom. The third-order valence-electron chi connectivity index (χ3n) is 3.25. The van der Waals surface area contributed by atoms with Crippen molar-refractivity contribution in [3.8, 4) is 0 Å². The molecule has 21 heavy (non-hydrogen) atoms. The average Bonchev–Trinajstić information content (AvgIpc) is 3.06. The van der Waals surface area contributed by atoms with Gasteiger partial charge in [0.05, 0.1) is 16.8 Å². The molecule has 1 saturated heterocycles. The van der Waals surface area contributed by atoms with Crippen molar-refractivity contribution in [3.63, 3.8) is 0 Å². The van der Waals surface area contributed by atoms with Crippen molar-refractivity contribution in [2.75, 3.05) is 19.3 Å². The van der Waals surface area contributed by atoms with Gasteiger partial charge < -0.3 is 14.9 Å². The van der Waals surface area contributed by atoms with Crippen LogP contribution in [0.5, 0.6) is 0 Å². The molecule has 0 aliphatic carbocycles. The van der Waals surface area contributed by atoms with Crippen LogP contribution in [0.3, 0.4) is 0 Å². The van der Waals surface area contributed by atoms with E-state index >= 15 is 0 Å². The molecule has 1 aliphatic heterocycles. The first-order valence-electron chi connectivity index (χ1n) is 6.36. The van der Waals surface area contributed by atoms with Crippen molar-refractivity contribution >= 4 is 40.9 Å². The molecule has 0 bridgehead atoms. The van der Waals surface area contributed by atoms with Crippen LogP contribution >= 0.6 is 23.1 Å². The van der Waals surface area contributed by atoms with E-state index in [1.165, 1.54) is 32.9 Å². The van der Waals surface area contributed by atoms with Crippen LogP contribution < -0.4 is 0 Å². The molecule has 1 N–H and O–H groups in total. The third-order valence-corrected chi connectivity index (χ3v) is 5.32. The van der Waals surface area contributed by atoms with Gasteiger partial charge in [0.25, 0.3) is 5.91 Å². The van der Waals surface area contributed by atoms with Gasteiger partial charge in [-0.05, 0) is 18.4 Å². The van der Waals surface area contributed by atoms with Gasteiger partial charge in [-0.3, -0.25) is 9.59 Å². The van der Waals surface area contributed by atoms with Crippen LogP contribution in [-0.4, -0.2) is 63.5 Å². The molecule has 2 heterocycles. The first-order chi connectivity index (χ1) is 9.91. The van der Waals surface area contributed by atoms with Gasteiger partial charge >= 0.3 is 5.97 Å². The zero-order valence-corrected chi connectivity index (χ0v) is 13.3. The van der Waals surface area contributed by atoms with E-state index < -0.39 is 12.0 Å². The maximum absolute atomic E-state index is 12.3. The zero-order valence-electron chi connectivity index (χ0n) is 11.7. The van der Waals surface area contributed by atoms with Crippen molar-refractivity contribution in [3.05, 3.63) is 22.4 Å². The molecule has 0 radical (unpaired) electrons. The molecule has 1 aliphatic rings. The summed E-state index contributed by atoms with van der Waals surface area (Å²) in [4.78, 5) is 38.8. The monoisotopic (exact) mass is 328 g/mol. The molecule has 114 valence electrons. The highest BCUT2D eigenvalue weighted by atomic mass is 32.2. The summed E-state index contributed by atoms with van der Waals surface area (Å²) in [5.41, 5.74) is 0. The Labute approximate surface area is 130 Å². The minimum Gasteiger partial charge on any atom is -0.480 e. The van der Waals surface area contributed by atoms with Crippen LogP contribution in [0.2, 0.25) is 0 Å². The lowest BCUT2D eigenvalue weighted by atomic mass is 10.2. The molecule has 1 aromatic rings. The fraction of sp³-hybridized carbons (Fsp3) is 0.462. The van der Waals surface area contributed by atoms with Gasteiger partial charge in [0.2, 0.25) is 5.91 Å². The second-order valence-corrected chi connectivity index (χ2v) is 7.02. The van der Waals surface area contributed by atoms with E-state index in [4.69, 9.17) is 5.11 Å². The number of likely N-dealkylation sites (N-methyl/N-ethyl adjacent to an activating group) is 1. The number of thiophene rings is 1. The molecular formula is C13H16N2O4S2. The topological polar surface area (TPSA) is 77.9 Å². The molecule has 2 rings (SSSR count). The number of amides is 2. The van der Waals surface area contributed by atoms with E-state index in [9.17, 15) is 14.4 Å². The Kier molecular flexibility index (Phi) is 4.89. The average molecular weight is 328 g/mol. The summed E-state index contributed by atoms with van der Waals surface area (Å²) in [5.74, 6) is -1.20. The molecule has 1 fully saturated rings. The minimum absolute atomic E-state index is 0.120.